The van der Waals surface area contributed by atoms with E-state index in [-0.39, 0.29) is 16.9 Å². The SMILES string of the molecule is COc1c(Br)cc(Cl)cc1C(O)c1cc(F)c(F)c(F)c1. The second-order valence-electron chi connectivity index (χ2n) is 4.21. The Morgan fingerprint density at radius 3 is 2.24 bits per heavy atom. The maximum absolute atomic E-state index is 13.3. The Hall–Kier alpha value is -1.24. The molecule has 21 heavy (non-hydrogen) atoms. The smallest absolute Gasteiger partial charge is 0.194 e. The third kappa shape index (κ3) is 3.17. The first-order valence-corrected chi connectivity index (χ1v) is 6.87. The zero-order chi connectivity index (χ0) is 15.7. The van der Waals surface area contributed by atoms with Gasteiger partial charge in [-0.1, -0.05) is 11.6 Å². The fourth-order valence-electron chi connectivity index (χ4n) is 1.91. The molecule has 0 amide bonds. The van der Waals surface area contributed by atoms with Gasteiger partial charge >= 0.3 is 0 Å². The summed E-state index contributed by atoms with van der Waals surface area (Å²) in [6, 6.07) is 4.38. The third-order valence-electron chi connectivity index (χ3n) is 2.86. The van der Waals surface area contributed by atoms with Crippen molar-refractivity contribution in [2.24, 2.45) is 0 Å². The molecule has 1 atom stereocenters. The van der Waals surface area contributed by atoms with E-state index in [1.807, 2.05) is 0 Å². The molecule has 0 saturated carbocycles. The minimum absolute atomic E-state index is 0.154. The Kier molecular flexibility index (Phi) is 4.81. The molecule has 0 radical (unpaired) electrons. The second-order valence-corrected chi connectivity index (χ2v) is 5.50. The Morgan fingerprint density at radius 2 is 1.71 bits per heavy atom. The van der Waals surface area contributed by atoms with E-state index in [0.717, 1.165) is 12.1 Å². The van der Waals surface area contributed by atoms with E-state index in [0.29, 0.717) is 9.50 Å². The van der Waals surface area contributed by atoms with E-state index in [9.17, 15) is 18.3 Å². The van der Waals surface area contributed by atoms with Crippen LogP contribution >= 0.6 is 27.5 Å². The minimum Gasteiger partial charge on any atom is -0.495 e. The zero-order valence-electron chi connectivity index (χ0n) is 10.6. The normalized spacial score (nSPS) is 12.3. The number of benzene rings is 2. The Morgan fingerprint density at radius 1 is 1.14 bits per heavy atom. The van der Waals surface area contributed by atoms with Crippen molar-refractivity contribution in [3.8, 4) is 5.75 Å². The van der Waals surface area contributed by atoms with Crippen LogP contribution in [0.3, 0.4) is 0 Å². The first-order valence-electron chi connectivity index (χ1n) is 5.70. The Balaban J connectivity index is 2.57. The number of rotatable bonds is 3. The summed E-state index contributed by atoms with van der Waals surface area (Å²) in [5.74, 6) is -4.10. The molecule has 0 heterocycles. The summed E-state index contributed by atoms with van der Waals surface area (Å²) in [5.41, 5.74) is 0.0427. The number of ether oxygens (including phenoxy) is 1. The summed E-state index contributed by atoms with van der Waals surface area (Å²) in [6.07, 6.45) is -1.43. The van der Waals surface area contributed by atoms with Crippen LogP contribution in [0.1, 0.15) is 17.2 Å². The maximum atomic E-state index is 13.3. The number of hydrogen-bond acceptors (Lipinski definition) is 2. The van der Waals surface area contributed by atoms with Crippen LogP contribution in [-0.4, -0.2) is 12.2 Å². The topological polar surface area (TPSA) is 29.5 Å². The highest BCUT2D eigenvalue weighted by Gasteiger charge is 2.21. The molecule has 2 aromatic carbocycles. The molecule has 2 nitrogen and oxygen atoms in total. The molecular weight excluding hydrogens is 373 g/mol. The molecule has 2 aromatic rings. The van der Waals surface area contributed by atoms with Gasteiger partial charge in [-0.15, -0.1) is 0 Å². The summed E-state index contributed by atoms with van der Waals surface area (Å²) in [7, 11) is 1.37. The average Bonchev–Trinajstić information content (AvgIpc) is 2.42. The van der Waals surface area contributed by atoms with E-state index in [1.54, 1.807) is 6.07 Å². The molecule has 0 aliphatic heterocycles. The van der Waals surface area contributed by atoms with Crippen molar-refractivity contribution >= 4 is 27.5 Å². The lowest BCUT2D eigenvalue weighted by Crippen LogP contribution is -2.05. The predicted octanol–water partition coefficient (Wildman–Crippen LogP) is 4.61. The maximum Gasteiger partial charge on any atom is 0.194 e. The summed E-state index contributed by atoms with van der Waals surface area (Å²) in [5, 5.41) is 10.6. The van der Waals surface area contributed by atoms with Gasteiger partial charge in [0, 0.05) is 10.6 Å². The van der Waals surface area contributed by atoms with Crippen LogP contribution in [-0.2, 0) is 0 Å². The van der Waals surface area contributed by atoms with E-state index in [1.165, 1.54) is 13.2 Å². The number of hydrogen-bond donors (Lipinski definition) is 1. The molecule has 2 rings (SSSR count). The molecule has 0 fully saturated rings. The highest BCUT2D eigenvalue weighted by atomic mass is 79.9. The van der Waals surface area contributed by atoms with Gasteiger partial charge in [0.15, 0.2) is 17.5 Å². The fourth-order valence-corrected chi connectivity index (χ4v) is 2.91. The van der Waals surface area contributed by atoms with Crippen LogP contribution in [0.25, 0.3) is 0 Å². The molecule has 7 heteroatoms. The van der Waals surface area contributed by atoms with Crippen molar-refractivity contribution in [2.75, 3.05) is 7.11 Å². The van der Waals surface area contributed by atoms with Crippen molar-refractivity contribution in [3.63, 3.8) is 0 Å². The highest BCUT2D eigenvalue weighted by Crippen LogP contribution is 2.38. The van der Waals surface area contributed by atoms with E-state index in [2.05, 4.69) is 15.9 Å². The molecular formula is C14H9BrClF3O2. The minimum atomic E-state index is -1.59. The second kappa shape index (κ2) is 6.25. The highest BCUT2D eigenvalue weighted by molar-refractivity contribution is 9.10. The van der Waals surface area contributed by atoms with Crippen molar-refractivity contribution in [3.05, 3.63) is 62.3 Å². The van der Waals surface area contributed by atoms with Crippen molar-refractivity contribution < 1.29 is 23.0 Å². The Bertz CT molecular complexity index is 671. The largest absolute Gasteiger partial charge is 0.495 e. The van der Waals surface area contributed by atoms with Crippen LogP contribution in [0.15, 0.2) is 28.7 Å². The summed E-state index contributed by atoms with van der Waals surface area (Å²) in [4.78, 5) is 0. The average molecular weight is 382 g/mol. The number of methoxy groups -OCH3 is 1. The molecule has 1 unspecified atom stereocenters. The molecule has 112 valence electrons. The van der Waals surface area contributed by atoms with E-state index >= 15 is 0 Å². The standard InChI is InChI=1S/C14H9BrClF3O2/c1-21-14-8(4-7(16)5-9(14)15)13(20)6-2-10(17)12(19)11(18)3-6/h2-5,13,20H,1H3. The Labute approximate surface area is 132 Å². The molecule has 0 aliphatic carbocycles. The van der Waals surface area contributed by atoms with Crippen LogP contribution in [0.2, 0.25) is 5.02 Å². The van der Waals surface area contributed by atoms with Gasteiger partial charge in [0.05, 0.1) is 11.6 Å². The van der Waals surface area contributed by atoms with Crippen molar-refractivity contribution in [1.82, 2.24) is 0 Å². The lowest BCUT2D eigenvalue weighted by Gasteiger charge is -2.17. The molecule has 0 bridgehead atoms. The fraction of sp³-hybridized carbons (Fsp3) is 0.143. The van der Waals surface area contributed by atoms with Crippen LogP contribution in [0, 0.1) is 17.5 Å². The van der Waals surface area contributed by atoms with Gasteiger partial charge < -0.3 is 9.84 Å². The molecule has 0 aromatic heterocycles. The van der Waals surface area contributed by atoms with Gasteiger partial charge in [0.1, 0.15) is 11.9 Å². The first kappa shape index (κ1) is 16.1. The number of halogens is 5. The zero-order valence-corrected chi connectivity index (χ0v) is 13.0. The first-order chi connectivity index (χ1) is 9.85. The monoisotopic (exact) mass is 380 g/mol. The number of aliphatic hydroxyl groups excluding tert-OH is 1. The van der Waals surface area contributed by atoms with Gasteiger partial charge in [-0.3, -0.25) is 0 Å². The lowest BCUT2D eigenvalue weighted by atomic mass is 10.00. The summed E-state index contributed by atoms with van der Waals surface area (Å²) in [6.45, 7) is 0. The van der Waals surface area contributed by atoms with E-state index in [4.69, 9.17) is 16.3 Å². The molecule has 1 N–H and O–H groups in total. The third-order valence-corrected chi connectivity index (χ3v) is 3.66. The summed E-state index contributed by atoms with van der Waals surface area (Å²) >= 11 is 9.10. The molecule has 0 spiro atoms. The van der Waals surface area contributed by atoms with Crippen LogP contribution < -0.4 is 4.74 Å². The van der Waals surface area contributed by atoms with E-state index < -0.39 is 23.6 Å². The van der Waals surface area contributed by atoms with Gasteiger partial charge in [0.2, 0.25) is 0 Å². The van der Waals surface area contributed by atoms with Gasteiger partial charge in [-0.2, -0.15) is 0 Å². The van der Waals surface area contributed by atoms with Crippen LogP contribution in [0.5, 0.6) is 5.75 Å². The quantitative estimate of drug-likeness (QED) is 0.787. The number of aliphatic hydroxyl groups is 1. The summed E-state index contributed by atoms with van der Waals surface area (Å²) < 4.78 is 45.1. The molecule has 0 aliphatic rings. The lowest BCUT2D eigenvalue weighted by molar-refractivity contribution is 0.213. The molecule has 0 saturated heterocycles. The van der Waals surface area contributed by atoms with Gasteiger partial charge in [-0.05, 0) is 45.8 Å². The van der Waals surface area contributed by atoms with Gasteiger partial charge in [-0.25, -0.2) is 13.2 Å². The van der Waals surface area contributed by atoms with Crippen molar-refractivity contribution in [2.45, 2.75) is 6.10 Å². The van der Waals surface area contributed by atoms with Gasteiger partial charge in [0.25, 0.3) is 0 Å². The predicted molar refractivity (Wildman–Crippen MR) is 76.1 cm³/mol. The van der Waals surface area contributed by atoms with Crippen LogP contribution in [0.4, 0.5) is 13.2 Å². The van der Waals surface area contributed by atoms with Crippen molar-refractivity contribution in [1.29, 1.82) is 0 Å².